The number of carbonyl (C=O) groups is 2. The Hall–Kier alpha value is -3.72. The molecule has 3 aromatic rings. The lowest BCUT2D eigenvalue weighted by atomic mass is 10.0. The molecule has 2 amide bonds. The molecule has 9 heteroatoms. The molecule has 0 aromatic heterocycles. The standard InChI is InChI=1S/C32H38FN3O4S/c1-41(39,40)36(29-20-11-10-19-28(29)33)22-12-21-31(37)35(24-26-15-6-3-7-16-26)30(23-25-13-4-2-5-14-25)32(38)34-27-17-8-9-18-27/h2-7,10-11,13-16,19-20,27,30H,8-9,12,17-18,21-24H2,1H3,(H,34,38)/t30-/m1/s1. The van der Waals surface area contributed by atoms with Crippen molar-refractivity contribution in [3.05, 3.63) is 102 Å². The fourth-order valence-corrected chi connectivity index (χ4v) is 6.30. The van der Waals surface area contributed by atoms with Gasteiger partial charge in [-0.25, -0.2) is 12.8 Å². The van der Waals surface area contributed by atoms with Crippen molar-refractivity contribution in [2.75, 3.05) is 17.1 Å². The van der Waals surface area contributed by atoms with E-state index in [2.05, 4.69) is 5.32 Å². The molecule has 4 rings (SSSR count). The number of rotatable bonds is 13. The zero-order valence-electron chi connectivity index (χ0n) is 23.4. The molecule has 1 aliphatic rings. The average Bonchev–Trinajstić information content (AvgIpc) is 3.47. The molecule has 0 saturated heterocycles. The Morgan fingerprint density at radius 2 is 1.49 bits per heavy atom. The molecule has 7 nitrogen and oxygen atoms in total. The normalized spacial score (nSPS) is 14.4. The van der Waals surface area contributed by atoms with Gasteiger partial charge in [0.05, 0.1) is 11.9 Å². The number of nitrogens with one attached hydrogen (secondary N) is 1. The number of hydrogen-bond donors (Lipinski definition) is 1. The summed E-state index contributed by atoms with van der Waals surface area (Å²) in [5, 5.41) is 3.18. The van der Waals surface area contributed by atoms with Gasteiger partial charge < -0.3 is 10.2 Å². The first kappa shape index (κ1) is 30.2. The molecule has 0 unspecified atom stereocenters. The largest absolute Gasteiger partial charge is 0.352 e. The van der Waals surface area contributed by atoms with E-state index in [1.165, 1.54) is 18.2 Å². The zero-order valence-corrected chi connectivity index (χ0v) is 24.2. The highest BCUT2D eigenvalue weighted by molar-refractivity contribution is 7.92. The van der Waals surface area contributed by atoms with Gasteiger partial charge >= 0.3 is 0 Å². The van der Waals surface area contributed by atoms with Gasteiger partial charge in [0.1, 0.15) is 11.9 Å². The van der Waals surface area contributed by atoms with E-state index in [1.54, 1.807) is 11.0 Å². The van der Waals surface area contributed by atoms with Gasteiger partial charge in [0.15, 0.2) is 0 Å². The number of nitrogens with zero attached hydrogens (tertiary/aromatic N) is 2. The van der Waals surface area contributed by atoms with Gasteiger partial charge in [-0.05, 0) is 42.5 Å². The van der Waals surface area contributed by atoms with Crippen LogP contribution in [0.3, 0.4) is 0 Å². The third-order valence-electron chi connectivity index (χ3n) is 7.44. The maximum absolute atomic E-state index is 14.5. The van der Waals surface area contributed by atoms with Crippen molar-refractivity contribution in [3.8, 4) is 0 Å². The summed E-state index contributed by atoms with van der Waals surface area (Å²) >= 11 is 0. The summed E-state index contributed by atoms with van der Waals surface area (Å²) in [4.78, 5) is 29.2. The van der Waals surface area contributed by atoms with Crippen molar-refractivity contribution < 1.29 is 22.4 Å². The molecule has 41 heavy (non-hydrogen) atoms. The molecule has 0 spiro atoms. The zero-order chi connectivity index (χ0) is 29.2. The summed E-state index contributed by atoms with van der Waals surface area (Å²) < 4.78 is 40.5. The van der Waals surface area contributed by atoms with Gasteiger partial charge in [0.2, 0.25) is 21.8 Å². The molecule has 1 N–H and O–H groups in total. The van der Waals surface area contributed by atoms with E-state index in [1.807, 2.05) is 60.7 Å². The van der Waals surface area contributed by atoms with E-state index in [9.17, 15) is 22.4 Å². The molecule has 0 heterocycles. The molecule has 1 fully saturated rings. The van der Waals surface area contributed by atoms with Crippen molar-refractivity contribution in [3.63, 3.8) is 0 Å². The molecular weight excluding hydrogens is 541 g/mol. The Kier molecular flexibility index (Phi) is 10.5. The summed E-state index contributed by atoms with van der Waals surface area (Å²) in [6, 6.07) is 24.1. The first-order valence-electron chi connectivity index (χ1n) is 14.1. The number of sulfonamides is 1. The van der Waals surface area contributed by atoms with Gasteiger partial charge in [0, 0.05) is 32.0 Å². The van der Waals surface area contributed by atoms with Crippen LogP contribution in [0.1, 0.15) is 49.7 Å². The maximum atomic E-state index is 14.5. The molecule has 0 bridgehead atoms. The number of benzene rings is 3. The number of halogens is 1. The van der Waals surface area contributed by atoms with Crippen molar-refractivity contribution in [1.82, 2.24) is 10.2 Å². The third kappa shape index (κ3) is 8.63. The molecule has 1 saturated carbocycles. The highest BCUT2D eigenvalue weighted by Gasteiger charge is 2.32. The Balaban J connectivity index is 1.57. The van der Waals surface area contributed by atoms with Gasteiger partial charge in [0.25, 0.3) is 0 Å². The van der Waals surface area contributed by atoms with Crippen LogP contribution in [-0.4, -0.2) is 50.0 Å². The fraction of sp³-hybridized carbons (Fsp3) is 0.375. The summed E-state index contributed by atoms with van der Waals surface area (Å²) in [7, 11) is -3.79. The van der Waals surface area contributed by atoms with E-state index in [4.69, 9.17) is 0 Å². The van der Waals surface area contributed by atoms with Crippen LogP contribution >= 0.6 is 0 Å². The van der Waals surface area contributed by atoms with Crippen LogP contribution in [-0.2, 0) is 32.6 Å². The summed E-state index contributed by atoms with van der Waals surface area (Å²) in [6.07, 6.45) is 5.51. The summed E-state index contributed by atoms with van der Waals surface area (Å²) in [6.45, 7) is 0.167. The minimum atomic E-state index is -3.79. The lowest BCUT2D eigenvalue weighted by Gasteiger charge is -2.33. The lowest BCUT2D eigenvalue weighted by molar-refractivity contribution is -0.141. The number of hydrogen-bond acceptors (Lipinski definition) is 4. The SMILES string of the molecule is CS(=O)(=O)N(CCCC(=O)N(Cc1ccccc1)[C@H](Cc1ccccc1)C(=O)NC1CCCC1)c1ccccc1F. The topological polar surface area (TPSA) is 86.8 Å². The molecular formula is C32H38FN3O4S. The van der Waals surface area contributed by atoms with Crippen LogP contribution in [0.25, 0.3) is 0 Å². The highest BCUT2D eigenvalue weighted by atomic mass is 32.2. The van der Waals surface area contributed by atoms with Gasteiger partial charge in [-0.3, -0.25) is 13.9 Å². The molecule has 1 aliphatic carbocycles. The average molecular weight is 580 g/mol. The Labute approximate surface area is 242 Å². The second kappa shape index (κ2) is 14.3. The number of carbonyl (C=O) groups excluding carboxylic acids is 2. The first-order chi connectivity index (χ1) is 19.7. The van der Waals surface area contributed by atoms with Crippen molar-refractivity contribution in [1.29, 1.82) is 0 Å². The molecule has 218 valence electrons. The summed E-state index contributed by atoms with van der Waals surface area (Å²) in [5.74, 6) is -1.10. The van der Waals surface area contributed by atoms with Crippen LogP contribution in [0, 0.1) is 5.82 Å². The lowest BCUT2D eigenvalue weighted by Crippen LogP contribution is -2.52. The Bertz CT molecular complexity index is 1400. The van der Waals surface area contributed by atoms with E-state index < -0.39 is 21.9 Å². The van der Waals surface area contributed by atoms with Crippen LogP contribution in [0.4, 0.5) is 10.1 Å². The van der Waals surface area contributed by atoms with E-state index in [-0.39, 0.29) is 49.5 Å². The van der Waals surface area contributed by atoms with Crippen LogP contribution < -0.4 is 9.62 Å². The molecule has 0 radical (unpaired) electrons. The van der Waals surface area contributed by atoms with Gasteiger partial charge in [-0.1, -0.05) is 85.6 Å². The molecule has 0 aliphatic heterocycles. The monoisotopic (exact) mass is 579 g/mol. The Morgan fingerprint density at radius 3 is 2.10 bits per heavy atom. The fourth-order valence-electron chi connectivity index (χ4n) is 5.34. The van der Waals surface area contributed by atoms with Crippen molar-refractivity contribution in [2.24, 2.45) is 0 Å². The van der Waals surface area contributed by atoms with Gasteiger partial charge in [-0.2, -0.15) is 0 Å². The van der Waals surface area contributed by atoms with Crippen molar-refractivity contribution >= 4 is 27.5 Å². The number of para-hydroxylation sites is 1. The number of anilines is 1. The Morgan fingerprint density at radius 1 is 0.902 bits per heavy atom. The second-order valence-corrected chi connectivity index (χ2v) is 12.5. The van der Waals surface area contributed by atoms with Crippen LogP contribution in [0.2, 0.25) is 0 Å². The molecule has 3 aromatic carbocycles. The van der Waals surface area contributed by atoms with Gasteiger partial charge in [-0.15, -0.1) is 0 Å². The predicted molar refractivity (Wildman–Crippen MR) is 159 cm³/mol. The second-order valence-electron chi connectivity index (χ2n) is 10.6. The highest BCUT2D eigenvalue weighted by Crippen LogP contribution is 2.23. The van der Waals surface area contributed by atoms with Crippen molar-refractivity contribution in [2.45, 2.75) is 63.6 Å². The smallest absolute Gasteiger partial charge is 0.243 e. The van der Waals surface area contributed by atoms with E-state index >= 15 is 0 Å². The predicted octanol–water partition coefficient (Wildman–Crippen LogP) is 5.07. The minimum absolute atomic E-state index is 0.00466. The van der Waals surface area contributed by atoms with Crippen LogP contribution in [0.5, 0.6) is 0 Å². The maximum Gasteiger partial charge on any atom is 0.243 e. The first-order valence-corrected chi connectivity index (χ1v) is 16.0. The third-order valence-corrected chi connectivity index (χ3v) is 8.62. The van der Waals surface area contributed by atoms with E-state index in [0.29, 0.717) is 6.42 Å². The molecule has 1 atom stereocenters. The van der Waals surface area contributed by atoms with E-state index in [0.717, 1.165) is 47.4 Å². The summed E-state index contributed by atoms with van der Waals surface area (Å²) in [5.41, 5.74) is 1.77. The quantitative estimate of drug-likeness (QED) is 0.306. The number of amides is 2. The minimum Gasteiger partial charge on any atom is -0.352 e. The van der Waals surface area contributed by atoms with Crippen LogP contribution in [0.15, 0.2) is 84.9 Å².